The van der Waals surface area contributed by atoms with E-state index in [1.807, 2.05) is 0 Å². The summed E-state index contributed by atoms with van der Waals surface area (Å²) in [7, 11) is 0. The molecule has 1 aliphatic carbocycles. The van der Waals surface area contributed by atoms with Gasteiger partial charge in [-0.3, -0.25) is 0 Å². The number of aromatic nitrogens is 3. The first-order chi connectivity index (χ1) is 9.93. The topological polar surface area (TPSA) is 50.9 Å². The van der Waals surface area contributed by atoms with Crippen LogP contribution in [-0.2, 0) is 12.8 Å². The SMILES string of the molecule is OCc1nnc(-c2cccc(C(F)(F)F)c2F)n1C1CC1. The van der Waals surface area contributed by atoms with Crippen molar-refractivity contribution >= 4 is 0 Å². The smallest absolute Gasteiger partial charge is 0.388 e. The Labute approximate surface area is 117 Å². The summed E-state index contributed by atoms with van der Waals surface area (Å²) in [5.41, 5.74) is -1.60. The van der Waals surface area contributed by atoms with E-state index in [-0.39, 0.29) is 23.3 Å². The summed E-state index contributed by atoms with van der Waals surface area (Å²) < 4.78 is 54.0. The van der Waals surface area contributed by atoms with Crippen LogP contribution in [0.4, 0.5) is 17.6 Å². The van der Waals surface area contributed by atoms with Crippen LogP contribution < -0.4 is 0 Å². The second kappa shape index (κ2) is 4.80. The van der Waals surface area contributed by atoms with Crippen molar-refractivity contribution in [1.29, 1.82) is 0 Å². The van der Waals surface area contributed by atoms with Crippen molar-refractivity contribution in [3.63, 3.8) is 0 Å². The standard InChI is InChI=1S/C13H11F4N3O/c14-11-8(2-1-3-9(11)13(15,16)17)12-19-18-10(6-21)20(12)7-4-5-7/h1-3,7,21H,4-6H2. The third-order valence-corrected chi connectivity index (χ3v) is 3.36. The summed E-state index contributed by atoms with van der Waals surface area (Å²) in [6, 6.07) is 3.05. The van der Waals surface area contributed by atoms with Gasteiger partial charge in [0.1, 0.15) is 12.4 Å². The van der Waals surface area contributed by atoms with Gasteiger partial charge in [0.2, 0.25) is 0 Å². The van der Waals surface area contributed by atoms with Crippen LogP contribution >= 0.6 is 0 Å². The highest BCUT2D eigenvalue weighted by Gasteiger charge is 2.37. The molecule has 1 heterocycles. The molecule has 0 spiro atoms. The van der Waals surface area contributed by atoms with Gasteiger partial charge in [-0.05, 0) is 25.0 Å². The van der Waals surface area contributed by atoms with Crippen molar-refractivity contribution in [2.75, 3.05) is 0 Å². The first-order valence-electron chi connectivity index (χ1n) is 6.34. The molecule has 4 nitrogen and oxygen atoms in total. The third-order valence-electron chi connectivity index (χ3n) is 3.36. The number of nitrogens with zero attached hydrogens (tertiary/aromatic N) is 3. The summed E-state index contributed by atoms with van der Waals surface area (Å²) >= 11 is 0. The number of rotatable bonds is 3. The van der Waals surface area contributed by atoms with Crippen LogP contribution in [0.25, 0.3) is 11.4 Å². The first-order valence-corrected chi connectivity index (χ1v) is 6.34. The second-order valence-corrected chi connectivity index (χ2v) is 4.86. The predicted molar refractivity (Wildman–Crippen MR) is 64.6 cm³/mol. The van der Waals surface area contributed by atoms with Crippen LogP contribution in [0.3, 0.4) is 0 Å². The maximum Gasteiger partial charge on any atom is 0.419 e. The van der Waals surface area contributed by atoms with E-state index in [9.17, 15) is 22.7 Å². The van der Waals surface area contributed by atoms with Crippen LogP contribution in [0.5, 0.6) is 0 Å². The maximum atomic E-state index is 14.2. The average Bonchev–Trinajstić information content (AvgIpc) is 3.17. The highest BCUT2D eigenvalue weighted by Crippen LogP contribution is 2.41. The molecule has 21 heavy (non-hydrogen) atoms. The fourth-order valence-electron chi connectivity index (χ4n) is 2.26. The zero-order valence-corrected chi connectivity index (χ0v) is 10.7. The largest absolute Gasteiger partial charge is 0.419 e. The predicted octanol–water partition coefficient (Wildman–Crippen LogP) is 2.93. The van der Waals surface area contributed by atoms with Gasteiger partial charge < -0.3 is 9.67 Å². The van der Waals surface area contributed by atoms with Gasteiger partial charge in [-0.15, -0.1) is 10.2 Å². The molecular weight excluding hydrogens is 290 g/mol. The summed E-state index contributed by atoms with van der Waals surface area (Å²) in [5.74, 6) is -1.13. The summed E-state index contributed by atoms with van der Waals surface area (Å²) in [6.07, 6.45) is -3.17. The van der Waals surface area contributed by atoms with Gasteiger partial charge in [-0.1, -0.05) is 6.07 Å². The highest BCUT2D eigenvalue weighted by atomic mass is 19.4. The van der Waals surface area contributed by atoms with Crippen molar-refractivity contribution < 1.29 is 22.7 Å². The van der Waals surface area contributed by atoms with Crippen LogP contribution in [-0.4, -0.2) is 19.9 Å². The van der Waals surface area contributed by atoms with Gasteiger partial charge >= 0.3 is 6.18 Å². The molecule has 0 unspecified atom stereocenters. The quantitative estimate of drug-likeness (QED) is 0.887. The molecule has 0 radical (unpaired) electrons. The van der Waals surface area contributed by atoms with Gasteiger partial charge in [0, 0.05) is 6.04 Å². The highest BCUT2D eigenvalue weighted by molar-refractivity contribution is 5.58. The Morgan fingerprint density at radius 2 is 1.95 bits per heavy atom. The van der Waals surface area contributed by atoms with E-state index in [1.165, 1.54) is 10.6 Å². The molecule has 1 saturated carbocycles. The third kappa shape index (κ3) is 2.39. The van der Waals surface area contributed by atoms with E-state index in [0.29, 0.717) is 6.07 Å². The second-order valence-electron chi connectivity index (χ2n) is 4.86. The summed E-state index contributed by atoms with van der Waals surface area (Å²) in [4.78, 5) is 0. The zero-order chi connectivity index (χ0) is 15.2. The number of aliphatic hydroxyl groups excluding tert-OH is 1. The van der Waals surface area contributed by atoms with Crippen LogP contribution in [0.15, 0.2) is 18.2 Å². The molecule has 0 atom stereocenters. The van der Waals surface area contributed by atoms with Crippen LogP contribution in [0, 0.1) is 5.82 Å². The number of hydrogen-bond acceptors (Lipinski definition) is 3. The molecule has 2 aromatic rings. The van der Waals surface area contributed by atoms with E-state index >= 15 is 0 Å². The van der Waals surface area contributed by atoms with Gasteiger partial charge in [-0.2, -0.15) is 13.2 Å². The summed E-state index contributed by atoms with van der Waals surface area (Å²) in [6.45, 7) is -0.399. The first kappa shape index (κ1) is 14.0. The van der Waals surface area contributed by atoms with Crippen molar-refractivity contribution in [2.45, 2.75) is 31.7 Å². The number of alkyl halides is 3. The molecule has 0 saturated heterocycles. The molecule has 1 fully saturated rings. The van der Waals surface area contributed by atoms with Crippen molar-refractivity contribution in [3.05, 3.63) is 35.4 Å². The number of aliphatic hydroxyl groups is 1. The van der Waals surface area contributed by atoms with E-state index < -0.39 is 24.2 Å². The lowest BCUT2D eigenvalue weighted by Gasteiger charge is -2.12. The van der Waals surface area contributed by atoms with E-state index in [0.717, 1.165) is 18.9 Å². The Balaban J connectivity index is 2.16. The van der Waals surface area contributed by atoms with Crippen molar-refractivity contribution in [2.24, 2.45) is 0 Å². The fraction of sp³-hybridized carbons (Fsp3) is 0.385. The minimum atomic E-state index is -4.77. The molecule has 0 amide bonds. The van der Waals surface area contributed by atoms with Gasteiger partial charge in [0.15, 0.2) is 11.6 Å². The lowest BCUT2D eigenvalue weighted by atomic mass is 10.1. The van der Waals surface area contributed by atoms with E-state index in [2.05, 4.69) is 10.2 Å². The van der Waals surface area contributed by atoms with E-state index in [4.69, 9.17) is 0 Å². The molecule has 1 aromatic heterocycles. The molecule has 1 aromatic carbocycles. The van der Waals surface area contributed by atoms with E-state index in [1.54, 1.807) is 0 Å². The zero-order valence-electron chi connectivity index (χ0n) is 10.7. The molecule has 112 valence electrons. The minimum Gasteiger partial charge on any atom is -0.388 e. The van der Waals surface area contributed by atoms with Crippen LogP contribution in [0.1, 0.15) is 30.3 Å². The number of hydrogen-bond donors (Lipinski definition) is 1. The molecule has 0 bridgehead atoms. The molecule has 1 N–H and O–H groups in total. The monoisotopic (exact) mass is 301 g/mol. The van der Waals surface area contributed by atoms with Crippen molar-refractivity contribution in [3.8, 4) is 11.4 Å². The van der Waals surface area contributed by atoms with Gasteiger partial charge in [0.05, 0.1) is 11.1 Å². The maximum absolute atomic E-state index is 14.2. The Morgan fingerprint density at radius 3 is 2.52 bits per heavy atom. The molecule has 0 aliphatic heterocycles. The summed E-state index contributed by atoms with van der Waals surface area (Å²) in [5, 5.41) is 16.7. The number of halogens is 4. The average molecular weight is 301 g/mol. The van der Waals surface area contributed by atoms with Crippen LogP contribution in [0.2, 0.25) is 0 Å². The Bertz CT molecular complexity index is 677. The van der Waals surface area contributed by atoms with Gasteiger partial charge in [0.25, 0.3) is 0 Å². The fourth-order valence-corrected chi connectivity index (χ4v) is 2.26. The minimum absolute atomic E-state index is 0.00564. The number of benzene rings is 1. The van der Waals surface area contributed by atoms with Crippen molar-refractivity contribution in [1.82, 2.24) is 14.8 Å². The Hall–Kier alpha value is -1.96. The molecule has 8 heteroatoms. The normalized spacial score (nSPS) is 15.5. The Morgan fingerprint density at radius 1 is 1.24 bits per heavy atom. The lowest BCUT2D eigenvalue weighted by Crippen LogP contribution is -2.10. The molecule has 1 aliphatic rings. The van der Waals surface area contributed by atoms with Gasteiger partial charge in [-0.25, -0.2) is 4.39 Å². The lowest BCUT2D eigenvalue weighted by molar-refractivity contribution is -0.139. The molecular formula is C13H11F4N3O. The molecule has 3 rings (SSSR count). The Kier molecular flexibility index (Phi) is 3.20.